The Labute approximate surface area is 124 Å². The Morgan fingerprint density at radius 3 is 2.48 bits per heavy atom. The maximum atomic E-state index is 14.3. The summed E-state index contributed by atoms with van der Waals surface area (Å²) in [6, 6.07) is 9.15. The minimum absolute atomic E-state index is 0.171. The van der Waals surface area contributed by atoms with E-state index in [1.54, 1.807) is 18.5 Å². The van der Waals surface area contributed by atoms with Crippen LogP contribution in [0.5, 0.6) is 0 Å². The highest BCUT2D eigenvalue weighted by Gasteiger charge is 2.18. The average molecular weight is 286 g/mol. The van der Waals surface area contributed by atoms with Gasteiger partial charge in [0.05, 0.1) is 6.10 Å². The molecule has 0 amide bonds. The van der Waals surface area contributed by atoms with Crippen LogP contribution in [0, 0.1) is 5.82 Å². The van der Waals surface area contributed by atoms with Gasteiger partial charge >= 0.3 is 0 Å². The Hall–Kier alpha value is -1.78. The molecular weight excluding hydrogens is 267 g/mol. The maximum Gasteiger partial charge on any atom is 0.128 e. The summed E-state index contributed by atoms with van der Waals surface area (Å²) in [5.74, 6) is -0.171. The Bertz CT molecular complexity index is 595. The first-order valence-corrected chi connectivity index (χ1v) is 7.31. The molecule has 1 fully saturated rings. The largest absolute Gasteiger partial charge is 0.393 e. The lowest BCUT2D eigenvalue weighted by Gasteiger charge is -2.29. The molecule has 2 aromatic rings. The average Bonchev–Trinajstić information content (AvgIpc) is 2.52. The molecule has 1 aromatic heterocycles. The first-order chi connectivity index (χ1) is 10.2. The van der Waals surface area contributed by atoms with Crippen molar-refractivity contribution in [2.24, 2.45) is 0 Å². The van der Waals surface area contributed by atoms with Crippen molar-refractivity contribution in [3.63, 3.8) is 0 Å². The molecule has 0 spiro atoms. The molecule has 110 valence electrons. The van der Waals surface area contributed by atoms with E-state index in [1.165, 1.54) is 0 Å². The molecule has 4 heteroatoms. The first kappa shape index (κ1) is 14.2. The third kappa shape index (κ3) is 3.46. The summed E-state index contributed by atoms with van der Waals surface area (Å²) in [7, 11) is 0. The first-order valence-electron chi connectivity index (χ1n) is 7.31. The number of hydrogen-bond donors (Lipinski definition) is 1. The van der Waals surface area contributed by atoms with Crippen LogP contribution in [0.3, 0.4) is 0 Å². The second kappa shape index (κ2) is 6.33. The fourth-order valence-corrected chi connectivity index (χ4v) is 2.72. The van der Waals surface area contributed by atoms with Gasteiger partial charge in [-0.3, -0.25) is 9.88 Å². The van der Waals surface area contributed by atoms with E-state index in [2.05, 4.69) is 9.88 Å². The van der Waals surface area contributed by atoms with Gasteiger partial charge < -0.3 is 5.11 Å². The number of hydrogen-bond acceptors (Lipinski definition) is 3. The molecule has 0 saturated carbocycles. The molecule has 1 saturated heterocycles. The highest BCUT2D eigenvalue weighted by Crippen LogP contribution is 2.23. The van der Waals surface area contributed by atoms with E-state index in [4.69, 9.17) is 0 Å². The molecular formula is C17H19FN2O. The van der Waals surface area contributed by atoms with Crippen LogP contribution in [0.2, 0.25) is 0 Å². The molecule has 1 N–H and O–H groups in total. The van der Waals surface area contributed by atoms with Gasteiger partial charge in [-0.15, -0.1) is 0 Å². The number of aliphatic hydroxyl groups is 1. The van der Waals surface area contributed by atoms with Gasteiger partial charge in [0.15, 0.2) is 0 Å². The van der Waals surface area contributed by atoms with Crippen molar-refractivity contribution in [1.29, 1.82) is 0 Å². The Kier molecular flexibility index (Phi) is 4.27. The Morgan fingerprint density at radius 1 is 1.10 bits per heavy atom. The fraction of sp³-hybridized carbons (Fsp3) is 0.353. The normalized spacial score (nSPS) is 17.0. The fourth-order valence-electron chi connectivity index (χ4n) is 2.72. The Balaban J connectivity index is 1.73. The second-order valence-electron chi connectivity index (χ2n) is 5.55. The number of halogens is 1. The summed E-state index contributed by atoms with van der Waals surface area (Å²) in [6.07, 6.45) is 4.77. The lowest BCUT2D eigenvalue weighted by atomic mass is 10.0. The lowest BCUT2D eigenvalue weighted by Crippen LogP contribution is -2.35. The molecule has 0 bridgehead atoms. The van der Waals surface area contributed by atoms with E-state index in [0.717, 1.165) is 37.1 Å². The van der Waals surface area contributed by atoms with Gasteiger partial charge in [-0.1, -0.05) is 12.1 Å². The van der Waals surface area contributed by atoms with Crippen LogP contribution in [-0.4, -0.2) is 34.2 Å². The maximum absolute atomic E-state index is 14.3. The van der Waals surface area contributed by atoms with Crippen LogP contribution in [0.15, 0.2) is 42.7 Å². The predicted octanol–water partition coefficient (Wildman–Crippen LogP) is 2.84. The van der Waals surface area contributed by atoms with E-state index >= 15 is 0 Å². The van der Waals surface area contributed by atoms with Gasteiger partial charge in [0.2, 0.25) is 0 Å². The van der Waals surface area contributed by atoms with E-state index in [1.807, 2.05) is 24.3 Å². The smallest absolute Gasteiger partial charge is 0.128 e. The van der Waals surface area contributed by atoms with Gasteiger partial charge in [0.25, 0.3) is 0 Å². The zero-order valence-electron chi connectivity index (χ0n) is 11.9. The van der Waals surface area contributed by atoms with Crippen molar-refractivity contribution in [1.82, 2.24) is 9.88 Å². The van der Waals surface area contributed by atoms with Crippen molar-refractivity contribution >= 4 is 0 Å². The minimum Gasteiger partial charge on any atom is -0.393 e. The summed E-state index contributed by atoms with van der Waals surface area (Å²) >= 11 is 0. The van der Waals surface area contributed by atoms with Gasteiger partial charge in [0.1, 0.15) is 5.82 Å². The van der Waals surface area contributed by atoms with E-state index in [9.17, 15) is 9.50 Å². The number of piperidine rings is 1. The molecule has 0 atom stereocenters. The molecule has 2 heterocycles. The van der Waals surface area contributed by atoms with Crippen molar-refractivity contribution in [2.75, 3.05) is 13.1 Å². The summed E-state index contributed by atoms with van der Waals surface area (Å²) in [4.78, 5) is 6.17. The number of aromatic nitrogens is 1. The highest BCUT2D eigenvalue weighted by molar-refractivity contribution is 5.63. The molecule has 3 rings (SSSR count). The van der Waals surface area contributed by atoms with Gasteiger partial charge in [-0.05, 0) is 42.2 Å². The molecule has 0 radical (unpaired) electrons. The zero-order chi connectivity index (χ0) is 14.7. The van der Waals surface area contributed by atoms with E-state index < -0.39 is 0 Å². The third-order valence-corrected chi connectivity index (χ3v) is 4.02. The van der Waals surface area contributed by atoms with Crippen LogP contribution in [0.25, 0.3) is 11.1 Å². The molecule has 1 aliphatic heterocycles. The van der Waals surface area contributed by atoms with Crippen molar-refractivity contribution < 1.29 is 9.50 Å². The topological polar surface area (TPSA) is 36.4 Å². The summed E-state index contributed by atoms with van der Waals surface area (Å²) in [5.41, 5.74) is 2.55. The molecule has 1 aliphatic rings. The zero-order valence-corrected chi connectivity index (χ0v) is 11.9. The van der Waals surface area contributed by atoms with Crippen LogP contribution < -0.4 is 0 Å². The summed E-state index contributed by atoms with van der Waals surface area (Å²) in [6.45, 7) is 2.26. The number of aliphatic hydroxyl groups excluding tert-OH is 1. The van der Waals surface area contributed by atoms with Crippen LogP contribution in [0.4, 0.5) is 4.39 Å². The predicted molar refractivity (Wildman–Crippen MR) is 80.1 cm³/mol. The molecule has 0 unspecified atom stereocenters. The minimum atomic E-state index is -0.194. The molecule has 0 aliphatic carbocycles. The monoisotopic (exact) mass is 286 g/mol. The quantitative estimate of drug-likeness (QED) is 0.942. The van der Waals surface area contributed by atoms with Crippen LogP contribution >= 0.6 is 0 Å². The second-order valence-corrected chi connectivity index (χ2v) is 5.55. The SMILES string of the molecule is OC1CCN(Cc2ccc(-c3ccncc3)cc2F)CC1. The van der Waals surface area contributed by atoms with Gasteiger partial charge in [-0.2, -0.15) is 0 Å². The highest BCUT2D eigenvalue weighted by atomic mass is 19.1. The lowest BCUT2D eigenvalue weighted by molar-refractivity contribution is 0.0787. The molecule has 3 nitrogen and oxygen atoms in total. The van der Waals surface area contributed by atoms with Crippen LogP contribution in [0.1, 0.15) is 18.4 Å². The van der Waals surface area contributed by atoms with E-state index in [-0.39, 0.29) is 11.9 Å². The van der Waals surface area contributed by atoms with Gasteiger partial charge in [-0.25, -0.2) is 4.39 Å². The number of likely N-dealkylation sites (tertiary alicyclic amines) is 1. The Morgan fingerprint density at radius 2 is 1.81 bits per heavy atom. The number of pyridine rings is 1. The number of rotatable bonds is 3. The van der Waals surface area contributed by atoms with Crippen molar-refractivity contribution in [3.05, 3.63) is 54.1 Å². The van der Waals surface area contributed by atoms with Crippen molar-refractivity contribution in [3.8, 4) is 11.1 Å². The summed E-state index contributed by atoms with van der Waals surface area (Å²) in [5, 5.41) is 9.50. The third-order valence-electron chi connectivity index (χ3n) is 4.02. The molecule has 1 aromatic carbocycles. The van der Waals surface area contributed by atoms with Crippen molar-refractivity contribution in [2.45, 2.75) is 25.5 Å². The summed E-state index contributed by atoms with van der Waals surface area (Å²) < 4.78 is 14.3. The number of benzene rings is 1. The standard InChI is InChI=1S/C17H19FN2O/c18-17-11-14(13-3-7-19-8-4-13)1-2-15(17)12-20-9-5-16(21)6-10-20/h1-4,7-8,11,16,21H,5-6,9-10,12H2. The molecule has 21 heavy (non-hydrogen) atoms. The van der Waals surface area contributed by atoms with Gasteiger partial charge in [0, 0.05) is 37.6 Å². The number of nitrogens with zero attached hydrogens (tertiary/aromatic N) is 2. The van der Waals surface area contributed by atoms with Crippen LogP contribution in [-0.2, 0) is 6.54 Å². The van der Waals surface area contributed by atoms with E-state index in [0.29, 0.717) is 12.1 Å².